The molecule has 0 fully saturated rings. The van der Waals surface area contributed by atoms with Crippen molar-refractivity contribution in [2.45, 2.75) is 5.41 Å². The van der Waals surface area contributed by atoms with Crippen molar-refractivity contribution in [1.82, 2.24) is 15.0 Å². The van der Waals surface area contributed by atoms with Gasteiger partial charge in [-0.05, 0) is 109 Å². The van der Waals surface area contributed by atoms with Crippen molar-refractivity contribution in [3.05, 3.63) is 247 Å². The van der Waals surface area contributed by atoms with E-state index < -0.39 is 5.41 Å². The van der Waals surface area contributed by atoms with Crippen molar-refractivity contribution in [3.8, 4) is 78.7 Å². The van der Waals surface area contributed by atoms with E-state index in [9.17, 15) is 0 Å². The summed E-state index contributed by atoms with van der Waals surface area (Å²) in [6.07, 6.45) is 0. The first-order chi connectivity index (χ1) is 34.2. The molecule has 13 aromatic rings. The van der Waals surface area contributed by atoms with Crippen LogP contribution >= 0.6 is 0 Å². The number of hydrogen-bond donors (Lipinski definition) is 0. The quantitative estimate of drug-likeness (QED) is 0.172. The first-order valence-electron chi connectivity index (χ1n) is 23.4. The van der Waals surface area contributed by atoms with E-state index in [1.54, 1.807) is 0 Å². The second kappa shape index (κ2) is 14.4. The fourth-order valence-corrected chi connectivity index (χ4v) is 11.6. The Bertz CT molecular complexity index is 4200. The summed E-state index contributed by atoms with van der Waals surface area (Å²) in [5.74, 6) is 1.72. The van der Waals surface area contributed by atoms with Crippen molar-refractivity contribution >= 4 is 43.9 Å². The smallest absolute Gasteiger partial charge is 0.164 e. The fourth-order valence-electron chi connectivity index (χ4n) is 11.6. The normalized spacial score (nSPS) is 13.0. The highest BCUT2D eigenvalue weighted by atomic mass is 16.3. The summed E-state index contributed by atoms with van der Waals surface area (Å²) in [5.41, 5.74) is 20.3. The minimum Gasteiger partial charge on any atom is -0.456 e. The van der Waals surface area contributed by atoms with Gasteiger partial charge < -0.3 is 8.83 Å². The Morgan fingerprint density at radius 1 is 0.275 bits per heavy atom. The molecule has 0 bridgehead atoms. The molecule has 10 aromatic carbocycles. The summed E-state index contributed by atoms with van der Waals surface area (Å²) < 4.78 is 13.0. The predicted octanol–water partition coefficient (Wildman–Crippen LogP) is 16.3. The largest absolute Gasteiger partial charge is 0.456 e. The van der Waals surface area contributed by atoms with Crippen LogP contribution in [-0.2, 0) is 5.41 Å². The van der Waals surface area contributed by atoms with E-state index in [0.717, 1.165) is 77.3 Å². The second-order valence-corrected chi connectivity index (χ2v) is 18.2. The number of para-hydroxylation sites is 1. The van der Waals surface area contributed by atoms with Crippen molar-refractivity contribution < 1.29 is 8.83 Å². The molecule has 2 aliphatic carbocycles. The number of rotatable bonds is 5. The zero-order valence-corrected chi connectivity index (χ0v) is 37.0. The zero-order chi connectivity index (χ0) is 45.2. The van der Waals surface area contributed by atoms with Crippen LogP contribution < -0.4 is 0 Å². The van der Waals surface area contributed by atoms with Gasteiger partial charge in [-0.2, -0.15) is 0 Å². The summed E-state index contributed by atoms with van der Waals surface area (Å²) in [7, 11) is 0. The highest BCUT2D eigenvalue weighted by Crippen LogP contribution is 2.64. The number of benzene rings is 10. The summed E-state index contributed by atoms with van der Waals surface area (Å²) in [6.45, 7) is 0. The van der Waals surface area contributed by atoms with E-state index in [4.69, 9.17) is 23.8 Å². The first-order valence-corrected chi connectivity index (χ1v) is 23.4. The van der Waals surface area contributed by atoms with Crippen LogP contribution in [0.1, 0.15) is 22.3 Å². The molecule has 0 saturated carbocycles. The fraction of sp³-hybridized carbons (Fsp3) is 0.0156. The Morgan fingerprint density at radius 3 is 1.49 bits per heavy atom. The SMILES string of the molecule is c1ccc(-c2ccc(-c3nc(-c4ccc5oc6ccccc6c5c4)nc(-c4cccc5oc6ccc(-c7cccc8c7C7(c9ccccc9-c9ccccc97)c7ccccc7-8)cc6c45)n3)cc2)cc1. The Balaban J connectivity index is 0.941. The Hall–Kier alpha value is -9.19. The van der Waals surface area contributed by atoms with Crippen LogP contribution in [0, 0.1) is 0 Å². The van der Waals surface area contributed by atoms with Crippen LogP contribution in [0.5, 0.6) is 0 Å². The van der Waals surface area contributed by atoms with Gasteiger partial charge in [0, 0.05) is 38.2 Å². The molecule has 5 heteroatoms. The molecule has 3 aromatic heterocycles. The van der Waals surface area contributed by atoms with E-state index in [2.05, 4.69) is 176 Å². The van der Waals surface area contributed by atoms with Crippen molar-refractivity contribution in [2.75, 3.05) is 0 Å². The van der Waals surface area contributed by atoms with Crippen molar-refractivity contribution in [1.29, 1.82) is 0 Å². The summed E-state index contributed by atoms with van der Waals surface area (Å²) in [5, 5.41) is 4.01. The Labute approximate surface area is 396 Å². The average molecular weight is 880 g/mol. The maximum atomic E-state index is 6.72. The Morgan fingerprint density at radius 2 is 0.739 bits per heavy atom. The zero-order valence-electron chi connectivity index (χ0n) is 37.0. The van der Waals surface area contributed by atoms with Gasteiger partial charge in [-0.15, -0.1) is 0 Å². The third-order valence-corrected chi connectivity index (χ3v) is 14.6. The maximum Gasteiger partial charge on any atom is 0.164 e. The molecule has 0 radical (unpaired) electrons. The lowest BCUT2D eigenvalue weighted by Gasteiger charge is -2.32. The number of fused-ring (bicyclic) bond motifs is 16. The maximum absolute atomic E-state index is 6.72. The first kappa shape index (κ1) is 38.0. The molecule has 15 rings (SSSR count). The minimum atomic E-state index is -0.489. The molecule has 0 amide bonds. The van der Waals surface area contributed by atoms with E-state index in [-0.39, 0.29) is 0 Å². The summed E-state index contributed by atoms with van der Waals surface area (Å²) in [4.78, 5) is 15.8. The number of aromatic nitrogens is 3. The number of hydrogen-bond acceptors (Lipinski definition) is 5. The monoisotopic (exact) mass is 879 g/mol. The van der Waals surface area contributed by atoms with Crippen molar-refractivity contribution in [3.63, 3.8) is 0 Å². The summed E-state index contributed by atoms with van der Waals surface area (Å²) >= 11 is 0. The molecule has 0 N–H and O–H groups in total. The van der Waals surface area contributed by atoms with Crippen LogP contribution in [0.3, 0.4) is 0 Å². The molecular weight excluding hydrogens is 843 g/mol. The van der Waals surface area contributed by atoms with E-state index in [1.165, 1.54) is 50.1 Å². The second-order valence-electron chi connectivity index (χ2n) is 18.2. The van der Waals surface area contributed by atoms with E-state index >= 15 is 0 Å². The highest BCUT2D eigenvalue weighted by molar-refractivity contribution is 6.13. The van der Waals surface area contributed by atoms with Gasteiger partial charge in [0.2, 0.25) is 0 Å². The van der Waals surface area contributed by atoms with Gasteiger partial charge in [-0.3, -0.25) is 0 Å². The van der Waals surface area contributed by atoms with Gasteiger partial charge in [0.15, 0.2) is 17.5 Å². The lowest BCUT2D eigenvalue weighted by Crippen LogP contribution is -2.26. The van der Waals surface area contributed by atoms with Crippen LogP contribution in [0.15, 0.2) is 233 Å². The molecule has 0 aliphatic heterocycles. The third-order valence-electron chi connectivity index (χ3n) is 14.6. The van der Waals surface area contributed by atoms with Crippen LogP contribution in [-0.4, -0.2) is 15.0 Å². The molecule has 69 heavy (non-hydrogen) atoms. The molecule has 5 nitrogen and oxygen atoms in total. The summed E-state index contributed by atoms with van der Waals surface area (Å²) in [6, 6.07) is 79.8. The van der Waals surface area contributed by atoms with Gasteiger partial charge in [-0.25, -0.2) is 15.0 Å². The number of furan rings is 2. The lowest BCUT2D eigenvalue weighted by atomic mass is 9.68. The van der Waals surface area contributed by atoms with Crippen LogP contribution in [0.2, 0.25) is 0 Å². The standard InChI is InChI=1S/C64H37N3O2/c1-2-14-38(15-3-1)39-28-30-40(31-29-39)61-65-62(42-33-35-56-50(37-42)47-19-7-11-26-55(47)68-56)67-63(66-61)49-22-13-27-58-59(49)51-36-41(32-34-57(51)69-58)43-20-12-21-48-46-18-6-10-25-54(46)64(60(43)48)52-23-8-4-16-44(52)45-17-5-9-24-53(45)64/h1-37H. The molecule has 0 saturated heterocycles. The topological polar surface area (TPSA) is 65.0 Å². The molecular formula is C64H37N3O2. The van der Waals surface area contributed by atoms with Gasteiger partial charge in [0.25, 0.3) is 0 Å². The predicted molar refractivity (Wildman–Crippen MR) is 278 cm³/mol. The van der Waals surface area contributed by atoms with Gasteiger partial charge in [0.05, 0.1) is 5.41 Å². The molecule has 3 heterocycles. The highest BCUT2D eigenvalue weighted by Gasteiger charge is 2.52. The molecule has 1 spiro atoms. The van der Waals surface area contributed by atoms with Gasteiger partial charge in [0.1, 0.15) is 22.3 Å². The van der Waals surface area contributed by atoms with Gasteiger partial charge in [-0.1, -0.05) is 182 Å². The number of nitrogens with zero attached hydrogens (tertiary/aromatic N) is 3. The van der Waals surface area contributed by atoms with E-state index in [1.807, 2.05) is 48.5 Å². The molecule has 320 valence electrons. The Kier molecular flexibility index (Phi) is 7.93. The van der Waals surface area contributed by atoms with Crippen LogP contribution in [0.4, 0.5) is 0 Å². The molecule has 2 aliphatic rings. The van der Waals surface area contributed by atoms with Crippen LogP contribution in [0.25, 0.3) is 123 Å². The van der Waals surface area contributed by atoms with Gasteiger partial charge >= 0.3 is 0 Å². The molecule has 0 atom stereocenters. The average Bonchev–Trinajstić information content (AvgIpc) is 4.16. The molecule has 0 unspecified atom stereocenters. The minimum absolute atomic E-state index is 0.489. The third kappa shape index (κ3) is 5.44. The lowest BCUT2D eigenvalue weighted by molar-refractivity contribution is 0.668. The van der Waals surface area contributed by atoms with E-state index in [0.29, 0.717) is 17.5 Å². The van der Waals surface area contributed by atoms with Crippen molar-refractivity contribution in [2.24, 2.45) is 0 Å².